The lowest BCUT2D eigenvalue weighted by Gasteiger charge is -2.24. The maximum atomic E-state index is 4.04. The van der Waals surface area contributed by atoms with Crippen LogP contribution in [0.25, 0.3) is 61.2 Å². The van der Waals surface area contributed by atoms with Crippen LogP contribution < -0.4 is 0 Å². The van der Waals surface area contributed by atoms with E-state index in [4.69, 9.17) is 0 Å². The minimum Gasteiger partial charge on any atom is -0.304 e. The quantitative estimate of drug-likeness (QED) is 0.0717. The van der Waals surface area contributed by atoms with E-state index in [1.807, 2.05) is 74.5 Å². The number of allylic oxidation sites excluding steroid dienone is 8. The van der Waals surface area contributed by atoms with Crippen molar-refractivity contribution >= 4 is 12.3 Å². The van der Waals surface area contributed by atoms with Crippen molar-refractivity contribution in [2.75, 3.05) is 7.05 Å². The molecular weight excluding hydrogens is 903 g/mol. The highest BCUT2D eigenvalue weighted by atomic mass is 14.6. The first-order chi connectivity index (χ1) is 37.0. The molecular formula is C74H75N. The van der Waals surface area contributed by atoms with E-state index in [-0.39, 0.29) is 0 Å². The Kier molecular flexibility index (Phi) is 25.3. The first kappa shape index (κ1) is 57.3. The molecule has 0 heterocycles. The molecule has 0 unspecified atom stereocenters. The van der Waals surface area contributed by atoms with Gasteiger partial charge < -0.3 is 4.99 Å². The van der Waals surface area contributed by atoms with Gasteiger partial charge in [-0.15, -0.1) is 0 Å². The molecule has 0 fully saturated rings. The summed E-state index contributed by atoms with van der Waals surface area (Å²) < 4.78 is 0. The van der Waals surface area contributed by atoms with Crippen molar-refractivity contribution in [3.05, 3.63) is 320 Å². The van der Waals surface area contributed by atoms with Crippen LogP contribution in [0.15, 0.2) is 297 Å². The van der Waals surface area contributed by atoms with Crippen molar-refractivity contribution in [2.45, 2.75) is 53.4 Å². The zero-order valence-corrected chi connectivity index (χ0v) is 45.0. The van der Waals surface area contributed by atoms with Gasteiger partial charge in [-0.2, -0.15) is 0 Å². The lowest BCUT2D eigenvalue weighted by Crippen LogP contribution is -2.01. The van der Waals surface area contributed by atoms with Gasteiger partial charge in [-0.25, -0.2) is 0 Å². The zero-order chi connectivity index (χ0) is 53.3. The number of aryl methyl sites for hydroxylation is 1. The topological polar surface area (TPSA) is 12.4 Å². The van der Waals surface area contributed by atoms with Crippen molar-refractivity contribution in [3.8, 4) is 55.6 Å². The molecule has 75 heavy (non-hydrogen) atoms. The molecule has 0 aliphatic heterocycles. The lowest BCUT2D eigenvalue weighted by molar-refractivity contribution is 1.14. The Labute approximate surface area is 451 Å². The number of hydrogen-bond donors (Lipinski definition) is 0. The molecule has 376 valence electrons. The predicted molar refractivity (Wildman–Crippen MR) is 333 cm³/mol. The summed E-state index contributed by atoms with van der Waals surface area (Å²) in [5, 5.41) is 0. The minimum atomic E-state index is 0.793. The van der Waals surface area contributed by atoms with E-state index in [0.29, 0.717) is 0 Å². The van der Waals surface area contributed by atoms with Gasteiger partial charge in [-0.05, 0) is 134 Å². The highest BCUT2D eigenvalue weighted by Crippen LogP contribution is 2.47. The zero-order valence-electron chi connectivity index (χ0n) is 45.0. The van der Waals surface area contributed by atoms with Gasteiger partial charge in [-0.1, -0.05) is 308 Å². The Morgan fingerprint density at radius 2 is 0.893 bits per heavy atom. The van der Waals surface area contributed by atoms with Crippen LogP contribution in [0.1, 0.15) is 61.9 Å². The maximum absolute atomic E-state index is 4.04. The normalized spacial score (nSPS) is 10.5. The molecule has 0 amide bonds. The number of aliphatic imine (C=N–C) groups is 1. The monoisotopic (exact) mass is 978 g/mol. The molecule has 0 saturated carbocycles. The van der Waals surface area contributed by atoms with Crippen molar-refractivity contribution < 1.29 is 0 Å². The molecule has 9 aromatic carbocycles. The van der Waals surface area contributed by atoms with Crippen molar-refractivity contribution in [2.24, 2.45) is 4.99 Å². The number of rotatable bonds is 15. The molecule has 9 aromatic rings. The molecule has 1 heteroatoms. The van der Waals surface area contributed by atoms with Crippen LogP contribution in [0.2, 0.25) is 0 Å². The summed E-state index contributed by atoms with van der Waals surface area (Å²) in [7, 11) is 1.64. The van der Waals surface area contributed by atoms with E-state index >= 15 is 0 Å². The molecule has 0 aliphatic carbocycles. The Morgan fingerprint density at radius 1 is 0.440 bits per heavy atom. The average molecular weight is 978 g/mol. The second-order valence-electron chi connectivity index (χ2n) is 17.3. The van der Waals surface area contributed by atoms with E-state index in [2.05, 4.69) is 257 Å². The molecule has 0 bridgehead atoms. The molecule has 0 aromatic heterocycles. The summed E-state index contributed by atoms with van der Waals surface area (Å²) in [6.45, 7) is 19.4. The van der Waals surface area contributed by atoms with E-state index in [0.717, 1.165) is 36.8 Å². The van der Waals surface area contributed by atoms with E-state index in [1.54, 1.807) is 7.05 Å². The summed E-state index contributed by atoms with van der Waals surface area (Å²) in [5.41, 5.74) is 19.6. The van der Waals surface area contributed by atoms with Gasteiger partial charge in [0.25, 0.3) is 0 Å². The van der Waals surface area contributed by atoms with Gasteiger partial charge in [0.15, 0.2) is 0 Å². The van der Waals surface area contributed by atoms with Gasteiger partial charge in [0, 0.05) is 7.05 Å². The van der Waals surface area contributed by atoms with Crippen LogP contribution in [0.3, 0.4) is 0 Å². The van der Waals surface area contributed by atoms with E-state index in [9.17, 15) is 0 Å². The van der Waals surface area contributed by atoms with E-state index < -0.39 is 0 Å². The minimum absolute atomic E-state index is 0.793. The predicted octanol–water partition coefficient (Wildman–Crippen LogP) is 20.7. The SMILES string of the molecule is C=C/C=C(\C=C)c1ccc(-c2cc(Cc3ccccc3)cc(-c3cc(-c4ccccc4)c(C/C=C\C=C/CC)c(-c4ccccc4)c3-c3ccccc3)c2)cc1.C=NC.CC.CCc1ccccc1.c1ccccc1. The standard InChI is InChI=1S/C56H48.C8H10.C6H6.C2H5N.C2H6/c1-4-7-8-9-22-32-52-53(47-26-16-11-17-27-47)41-54(56(49-30-20-13-21-31-49)55(52)48-28-18-12-19-29-48)51-39-43(37-42-24-14-10-15-25-42)38-50(40-51)46-35-33-45(34-36-46)44(6-3)23-5-2;1-2-8-6-4-3-5-7-8;1-2-4-6-5-3-1;1-3-2;1-2/h5-31,33-36,38-41H,2-4,32,37H2,1H3;3-7H,2H2,1H3;1-6H;1H2,2H3;1-2H3/b8-7-,22-9-,44-23+;;;;. The highest BCUT2D eigenvalue weighted by molar-refractivity contribution is 6.00. The fourth-order valence-electron chi connectivity index (χ4n) is 8.66. The van der Waals surface area contributed by atoms with Crippen LogP contribution in [-0.4, -0.2) is 13.8 Å². The maximum Gasteiger partial charge on any atom is 0.0269 e. The second-order valence-corrected chi connectivity index (χ2v) is 17.3. The van der Waals surface area contributed by atoms with Crippen molar-refractivity contribution in [3.63, 3.8) is 0 Å². The summed E-state index contributed by atoms with van der Waals surface area (Å²) in [5.74, 6) is 0. The van der Waals surface area contributed by atoms with Crippen molar-refractivity contribution in [1.82, 2.24) is 0 Å². The summed E-state index contributed by atoms with van der Waals surface area (Å²) in [4.78, 5) is 3.25. The first-order valence-corrected chi connectivity index (χ1v) is 26.3. The highest BCUT2D eigenvalue weighted by Gasteiger charge is 2.23. The molecule has 0 atom stereocenters. The first-order valence-electron chi connectivity index (χ1n) is 26.3. The summed E-state index contributed by atoms with van der Waals surface area (Å²) >= 11 is 0. The van der Waals surface area contributed by atoms with Crippen LogP contribution in [0.4, 0.5) is 0 Å². The van der Waals surface area contributed by atoms with Crippen LogP contribution in [-0.2, 0) is 19.3 Å². The Bertz CT molecular complexity index is 3100. The Morgan fingerprint density at radius 3 is 1.37 bits per heavy atom. The summed E-state index contributed by atoms with van der Waals surface area (Å²) in [6.07, 6.45) is 18.3. The smallest absolute Gasteiger partial charge is 0.0269 e. The third kappa shape index (κ3) is 17.8. The number of benzene rings is 9. The van der Waals surface area contributed by atoms with Gasteiger partial charge >= 0.3 is 0 Å². The van der Waals surface area contributed by atoms with Crippen LogP contribution in [0, 0.1) is 0 Å². The lowest BCUT2D eigenvalue weighted by atomic mass is 9.79. The molecule has 9 rings (SSSR count). The van der Waals surface area contributed by atoms with E-state index in [1.165, 1.54) is 77.9 Å². The molecule has 0 saturated heterocycles. The third-order valence-corrected chi connectivity index (χ3v) is 12.1. The number of nitrogens with zero attached hydrogens (tertiary/aromatic N) is 1. The van der Waals surface area contributed by atoms with Crippen molar-refractivity contribution in [1.29, 1.82) is 0 Å². The largest absolute Gasteiger partial charge is 0.304 e. The van der Waals surface area contributed by atoms with Gasteiger partial charge in [0.1, 0.15) is 0 Å². The Hall–Kier alpha value is -8.65. The average Bonchev–Trinajstić information content (AvgIpc) is 3.49. The third-order valence-electron chi connectivity index (χ3n) is 12.1. The fourth-order valence-corrected chi connectivity index (χ4v) is 8.66. The van der Waals surface area contributed by atoms with Crippen LogP contribution >= 0.6 is 0 Å². The number of hydrogen-bond acceptors (Lipinski definition) is 1. The van der Waals surface area contributed by atoms with Gasteiger partial charge in [-0.3, -0.25) is 0 Å². The van der Waals surface area contributed by atoms with Crippen LogP contribution in [0.5, 0.6) is 0 Å². The molecule has 0 aliphatic rings. The molecule has 0 N–H and O–H groups in total. The molecule has 0 spiro atoms. The Balaban J connectivity index is 0.000000462. The molecule has 0 radical (unpaired) electrons. The van der Waals surface area contributed by atoms with Gasteiger partial charge in [0.05, 0.1) is 0 Å². The van der Waals surface area contributed by atoms with Gasteiger partial charge in [0.2, 0.25) is 0 Å². The second kappa shape index (κ2) is 33.2. The fraction of sp³-hybridized carbons (Fsp3) is 0.122. The summed E-state index contributed by atoms with van der Waals surface area (Å²) in [6, 6.07) is 84.5. The molecule has 1 nitrogen and oxygen atoms in total.